The van der Waals surface area contributed by atoms with Crippen LogP contribution in [0.15, 0.2) is 243 Å². The van der Waals surface area contributed by atoms with Crippen molar-refractivity contribution in [3.05, 3.63) is 243 Å². The Kier molecular flexibility index (Phi) is 8.62. The van der Waals surface area contributed by atoms with Gasteiger partial charge >= 0.3 is 0 Å². The third-order valence-electron chi connectivity index (χ3n) is 14.3. The lowest BCUT2D eigenvalue weighted by Gasteiger charge is -2.17. The Labute approximate surface area is 395 Å². The zero-order chi connectivity index (χ0) is 44.7. The number of benzene rings is 10. The maximum atomic E-state index is 4.63. The molecule has 0 saturated heterocycles. The van der Waals surface area contributed by atoms with Crippen LogP contribution in [0, 0.1) is 0 Å². The summed E-state index contributed by atoms with van der Waals surface area (Å²) in [5, 5.41) is 5.19. The van der Waals surface area contributed by atoms with Crippen molar-refractivity contribution < 1.29 is 0 Å². The second-order valence-electron chi connectivity index (χ2n) is 18.1. The molecule has 2 nitrogen and oxygen atoms in total. The molecule has 2 aliphatic rings. The van der Waals surface area contributed by atoms with Crippen molar-refractivity contribution in [1.29, 1.82) is 0 Å². The van der Waals surface area contributed by atoms with Crippen LogP contribution in [0.25, 0.3) is 144 Å². The van der Waals surface area contributed by atoms with Crippen LogP contribution < -0.4 is 0 Å². The minimum atomic E-state index is 0.963. The third-order valence-corrected chi connectivity index (χ3v) is 14.3. The molecule has 0 spiro atoms. The summed E-state index contributed by atoms with van der Waals surface area (Å²) in [7, 11) is 0. The van der Waals surface area contributed by atoms with E-state index in [0.717, 1.165) is 55.9 Å². The molecule has 0 N–H and O–H groups in total. The molecule has 0 saturated carbocycles. The Morgan fingerprint density at radius 1 is 0.191 bits per heavy atom. The predicted octanol–water partition coefficient (Wildman–Crippen LogP) is 17.7. The molecule has 0 radical (unpaired) electrons. The molecule has 314 valence electrons. The van der Waals surface area contributed by atoms with E-state index in [-0.39, 0.29) is 0 Å². The first-order chi connectivity index (χ1) is 33.7. The molecule has 2 aliphatic carbocycles. The van der Waals surface area contributed by atoms with E-state index in [4.69, 9.17) is 0 Å². The largest absolute Gasteiger partial charge is 0.256 e. The van der Waals surface area contributed by atoms with E-state index in [9.17, 15) is 0 Å². The lowest BCUT2D eigenvalue weighted by molar-refractivity contribution is 1.33. The number of hydrogen-bond acceptors (Lipinski definition) is 2. The maximum Gasteiger partial charge on any atom is 0.0701 e. The van der Waals surface area contributed by atoms with Gasteiger partial charge in [-0.3, -0.25) is 9.97 Å². The van der Waals surface area contributed by atoms with Crippen LogP contribution >= 0.6 is 0 Å². The van der Waals surface area contributed by atoms with Crippen molar-refractivity contribution in [3.8, 4) is 123 Å². The molecule has 0 unspecified atom stereocenters. The van der Waals surface area contributed by atoms with Crippen LogP contribution in [0.2, 0.25) is 0 Å². The van der Waals surface area contributed by atoms with Gasteiger partial charge in [0.25, 0.3) is 0 Å². The van der Waals surface area contributed by atoms with Gasteiger partial charge in [-0.05, 0) is 182 Å². The van der Waals surface area contributed by atoms with Gasteiger partial charge in [-0.25, -0.2) is 0 Å². The molecule has 0 atom stereocenters. The maximum absolute atomic E-state index is 4.63. The zero-order valence-electron chi connectivity index (χ0n) is 37.0. The highest BCUT2D eigenvalue weighted by atomic mass is 14.7. The molecular formula is C66H40N2. The van der Waals surface area contributed by atoms with Gasteiger partial charge in [0.05, 0.1) is 11.4 Å². The molecule has 0 amide bonds. The van der Waals surface area contributed by atoms with E-state index in [1.54, 1.807) is 0 Å². The summed E-state index contributed by atoms with van der Waals surface area (Å²) in [5.74, 6) is 0. The summed E-state index contributed by atoms with van der Waals surface area (Å²) in [6.45, 7) is 0. The Hall–Kier alpha value is -8.98. The highest BCUT2D eigenvalue weighted by molar-refractivity contribution is 6.20. The average molecular weight is 861 g/mol. The monoisotopic (exact) mass is 860 g/mol. The molecule has 0 fully saturated rings. The molecule has 2 heteroatoms. The van der Waals surface area contributed by atoms with Gasteiger partial charge in [0, 0.05) is 23.5 Å². The Morgan fingerprint density at radius 2 is 0.500 bits per heavy atom. The van der Waals surface area contributed by atoms with Crippen LogP contribution in [-0.4, -0.2) is 9.97 Å². The second-order valence-corrected chi connectivity index (χ2v) is 18.1. The van der Waals surface area contributed by atoms with E-state index >= 15 is 0 Å². The van der Waals surface area contributed by atoms with Gasteiger partial charge in [0.1, 0.15) is 0 Å². The second kappa shape index (κ2) is 15.3. The van der Waals surface area contributed by atoms with E-state index < -0.39 is 0 Å². The summed E-state index contributed by atoms with van der Waals surface area (Å²) >= 11 is 0. The average Bonchev–Trinajstić information content (AvgIpc) is 3.93. The summed E-state index contributed by atoms with van der Waals surface area (Å²) in [4.78, 5) is 9.27. The summed E-state index contributed by atoms with van der Waals surface area (Å²) in [5.41, 5.74) is 26.3. The van der Waals surface area contributed by atoms with Gasteiger partial charge in [-0.1, -0.05) is 170 Å². The molecule has 10 aromatic carbocycles. The lowest BCUT2D eigenvalue weighted by Crippen LogP contribution is -1.91. The molecule has 2 heterocycles. The van der Waals surface area contributed by atoms with Crippen LogP contribution in [0.1, 0.15) is 0 Å². The molecule has 12 aromatic rings. The minimum absolute atomic E-state index is 0.963. The zero-order valence-corrected chi connectivity index (χ0v) is 37.0. The standard InChI is InChI=1S/C66H40N2/c1-3-13-55-53(11-1)59-17-9-15-57-51(29-31-61(55)65(57)59)49-38-48(39-50(40-49)52-30-32-62-56-14-4-2-12-54(56)60-18-10-16-58(52)66(60)62)47-36-45(41-21-25-43(26-22-41)63-19-5-7-33-67-63)35-46(37-47)42-23-27-44(28-24-42)64-20-6-8-34-68-64/h1-40H. The number of nitrogens with zero attached hydrogens (tertiary/aromatic N) is 2. The van der Waals surface area contributed by atoms with Crippen molar-refractivity contribution in [2.24, 2.45) is 0 Å². The van der Waals surface area contributed by atoms with Crippen molar-refractivity contribution >= 4 is 21.5 Å². The molecular weight excluding hydrogens is 821 g/mol. The first-order valence-electron chi connectivity index (χ1n) is 23.4. The van der Waals surface area contributed by atoms with Gasteiger partial charge in [-0.2, -0.15) is 0 Å². The van der Waals surface area contributed by atoms with Crippen molar-refractivity contribution in [1.82, 2.24) is 9.97 Å². The number of pyridine rings is 2. The fraction of sp³-hybridized carbons (Fsp3) is 0. The van der Waals surface area contributed by atoms with E-state index in [0.29, 0.717) is 0 Å². The smallest absolute Gasteiger partial charge is 0.0701 e. The van der Waals surface area contributed by atoms with Crippen LogP contribution in [0.5, 0.6) is 0 Å². The number of hydrogen-bond donors (Lipinski definition) is 0. The Morgan fingerprint density at radius 3 is 0.897 bits per heavy atom. The first kappa shape index (κ1) is 38.3. The van der Waals surface area contributed by atoms with E-state index in [1.807, 2.05) is 36.7 Å². The Balaban J connectivity index is 0.993. The number of fused-ring (bicyclic) bond motifs is 6. The first-order valence-corrected chi connectivity index (χ1v) is 23.4. The van der Waals surface area contributed by atoms with Gasteiger partial charge in [0.2, 0.25) is 0 Å². The number of aromatic nitrogens is 2. The minimum Gasteiger partial charge on any atom is -0.256 e. The predicted molar refractivity (Wildman–Crippen MR) is 284 cm³/mol. The van der Waals surface area contributed by atoms with Gasteiger partial charge in [-0.15, -0.1) is 0 Å². The fourth-order valence-corrected chi connectivity index (χ4v) is 11.1. The molecule has 0 aliphatic heterocycles. The third kappa shape index (κ3) is 6.12. The van der Waals surface area contributed by atoms with E-state index in [2.05, 4.69) is 216 Å². The summed E-state index contributed by atoms with van der Waals surface area (Å²) < 4.78 is 0. The lowest BCUT2D eigenvalue weighted by atomic mass is 9.87. The van der Waals surface area contributed by atoms with Gasteiger partial charge < -0.3 is 0 Å². The van der Waals surface area contributed by atoms with E-state index in [1.165, 1.54) is 88.3 Å². The summed E-state index contributed by atoms with van der Waals surface area (Å²) in [6.07, 6.45) is 3.71. The van der Waals surface area contributed by atoms with Gasteiger partial charge in [0.15, 0.2) is 0 Å². The normalized spacial score (nSPS) is 11.8. The molecule has 68 heavy (non-hydrogen) atoms. The highest BCUT2D eigenvalue weighted by Crippen LogP contribution is 2.52. The van der Waals surface area contributed by atoms with Crippen LogP contribution in [0.3, 0.4) is 0 Å². The number of rotatable bonds is 7. The fourth-order valence-electron chi connectivity index (χ4n) is 11.1. The quantitative estimate of drug-likeness (QED) is 0.160. The Bertz CT molecular complexity index is 3670. The summed E-state index contributed by atoms with van der Waals surface area (Å²) in [6, 6.07) is 84.9. The van der Waals surface area contributed by atoms with Crippen LogP contribution in [-0.2, 0) is 0 Å². The van der Waals surface area contributed by atoms with Crippen molar-refractivity contribution in [3.63, 3.8) is 0 Å². The molecule has 0 bridgehead atoms. The highest BCUT2D eigenvalue weighted by Gasteiger charge is 2.25. The SMILES string of the molecule is c1ccc(-c2ccc(-c3cc(-c4ccc(-c5ccccn5)cc4)cc(-c4cc(-c5ccc6c7c(cccc57)-c5ccccc5-6)cc(-c5ccc6c7c(cccc57)-c5ccccc5-6)c4)c3)cc2)nc1. The van der Waals surface area contributed by atoms with Crippen molar-refractivity contribution in [2.45, 2.75) is 0 Å². The molecule has 14 rings (SSSR count). The molecule has 2 aromatic heterocycles. The van der Waals surface area contributed by atoms with Crippen LogP contribution in [0.4, 0.5) is 0 Å². The topological polar surface area (TPSA) is 25.8 Å². The van der Waals surface area contributed by atoms with Crippen molar-refractivity contribution in [2.75, 3.05) is 0 Å².